The maximum atomic E-state index is 12.4. The summed E-state index contributed by atoms with van der Waals surface area (Å²) in [7, 11) is 1.39. The number of nitrogens with one attached hydrogen (secondary N) is 2. The fourth-order valence-corrected chi connectivity index (χ4v) is 2.97. The zero-order valence-electron chi connectivity index (χ0n) is 16.7. The number of morpholine rings is 1. The average Bonchev–Trinajstić information content (AvgIpc) is 2.72. The monoisotopic (exact) mass is 425 g/mol. The van der Waals surface area contributed by atoms with E-state index in [9.17, 15) is 29.7 Å². The van der Waals surface area contributed by atoms with Gasteiger partial charge >= 0.3 is 5.97 Å². The molecule has 0 aliphatic carbocycles. The molecule has 0 unspecified atom stereocenters. The average molecular weight is 425 g/mol. The van der Waals surface area contributed by atoms with Crippen molar-refractivity contribution in [3.05, 3.63) is 23.8 Å². The Kier molecular flexibility index (Phi) is 8.84. The van der Waals surface area contributed by atoms with E-state index in [2.05, 4.69) is 10.6 Å². The molecule has 1 heterocycles. The first kappa shape index (κ1) is 23.4. The van der Waals surface area contributed by atoms with Gasteiger partial charge in [-0.25, -0.2) is 4.79 Å². The molecule has 1 aromatic rings. The Morgan fingerprint density at radius 1 is 1.20 bits per heavy atom. The molecule has 5 N–H and O–H groups in total. The third-order valence-electron chi connectivity index (χ3n) is 4.60. The van der Waals surface area contributed by atoms with Crippen LogP contribution >= 0.6 is 0 Å². The van der Waals surface area contributed by atoms with Crippen LogP contribution in [0.1, 0.15) is 5.56 Å². The molecule has 1 aromatic carbocycles. The van der Waals surface area contributed by atoms with Crippen molar-refractivity contribution in [3.8, 4) is 11.5 Å². The Bertz CT molecular complexity index is 751. The second kappa shape index (κ2) is 11.3. The molecular formula is C19H27N3O8. The molecule has 0 bridgehead atoms. The first-order chi connectivity index (χ1) is 14.3. The topological polar surface area (TPSA) is 158 Å². The number of aliphatic hydroxyl groups is 1. The molecule has 0 saturated carbocycles. The minimum atomic E-state index is -1.32. The van der Waals surface area contributed by atoms with Crippen molar-refractivity contribution in [2.75, 3.05) is 46.6 Å². The fraction of sp³-hybridized carbons (Fsp3) is 0.526. The van der Waals surface area contributed by atoms with Gasteiger partial charge in [-0.05, 0) is 17.7 Å². The van der Waals surface area contributed by atoms with Crippen LogP contribution < -0.4 is 15.4 Å². The van der Waals surface area contributed by atoms with Crippen LogP contribution in [0.3, 0.4) is 0 Å². The minimum Gasteiger partial charge on any atom is -0.504 e. The molecule has 11 heteroatoms. The Morgan fingerprint density at radius 2 is 1.90 bits per heavy atom. The zero-order chi connectivity index (χ0) is 22.1. The van der Waals surface area contributed by atoms with E-state index in [-0.39, 0.29) is 24.5 Å². The van der Waals surface area contributed by atoms with Crippen LogP contribution in [0.5, 0.6) is 11.5 Å². The molecule has 0 aromatic heterocycles. The second-order valence-electron chi connectivity index (χ2n) is 6.80. The van der Waals surface area contributed by atoms with Crippen LogP contribution in [-0.4, -0.2) is 96.7 Å². The number of carbonyl (C=O) groups is 3. The third kappa shape index (κ3) is 6.87. The molecule has 0 spiro atoms. The second-order valence-corrected chi connectivity index (χ2v) is 6.80. The summed E-state index contributed by atoms with van der Waals surface area (Å²) in [5, 5.41) is 33.5. The Hall–Kier alpha value is -2.89. The van der Waals surface area contributed by atoms with Gasteiger partial charge in [0, 0.05) is 19.5 Å². The molecule has 1 aliphatic heterocycles. The number of aliphatic carboxylic acids is 1. The predicted molar refractivity (Wildman–Crippen MR) is 104 cm³/mol. The lowest BCUT2D eigenvalue weighted by atomic mass is 10.0. The van der Waals surface area contributed by atoms with Crippen LogP contribution in [0.4, 0.5) is 0 Å². The molecule has 2 rings (SSSR count). The summed E-state index contributed by atoms with van der Waals surface area (Å²) in [4.78, 5) is 38.0. The molecule has 166 valence electrons. The van der Waals surface area contributed by atoms with Gasteiger partial charge in [-0.1, -0.05) is 6.07 Å². The summed E-state index contributed by atoms with van der Waals surface area (Å²) in [5.74, 6) is -2.50. The number of amides is 2. The number of ether oxygens (including phenoxy) is 2. The van der Waals surface area contributed by atoms with Crippen molar-refractivity contribution in [3.63, 3.8) is 0 Å². The van der Waals surface area contributed by atoms with Crippen LogP contribution in [0.2, 0.25) is 0 Å². The number of aliphatic hydroxyl groups excluding tert-OH is 1. The van der Waals surface area contributed by atoms with E-state index in [0.29, 0.717) is 31.9 Å². The van der Waals surface area contributed by atoms with Crippen LogP contribution in [0, 0.1) is 0 Å². The van der Waals surface area contributed by atoms with Crippen molar-refractivity contribution in [2.24, 2.45) is 0 Å². The van der Waals surface area contributed by atoms with Gasteiger partial charge in [0.2, 0.25) is 11.8 Å². The summed E-state index contributed by atoms with van der Waals surface area (Å²) in [5.41, 5.74) is 0.456. The first-order valence-corrected chi connectivity index (χ1v) is 9.43. The van der Waals surface area contributed by atoms with Gasteiger partial charge in [0.25, 0.3) is 0 Å². The minimum absolute atomic E-state index is 0.0423. The predicted octanol–water partition coefficient (Wildman–Crippen LogP) is -1.68. The summed E-state index contributed by atoms with van der Waals surface area (Å²) in [6, 6.07) is 1.77. The van der Waals surface area contributed by atoms with Crippen LogP contribution in [0.15, 0.2) is 18.2 Å². The molecule has 30 heavy (non-hydrogen) atoms. The van der Waals surface area contributed by atoms with Crippen molar-refractivity contribution in [1.29, 1.82) is 0 Å². The molecule has 11 nitrogen and oxygen atoms in total. The quantitative estimate of drug-likeness (QED) is 0.295. The summed E-state index contributed by atoms with van der Waals surface area (Å²) >= 11 is 0. The molecule has 2 amide bonds. The lowest BCUT2D eigenvalue weighted by Crippen LogP contribution is -2.55. The number of aromatic hydroxyl groups is 1. The number of nitrogens with zero attached hydrogens (tertiary/aromatic N) is 1. The van der Waals surface area contributed by atoms with Gasteiger partial charge in [0.05, 0.1) is 33.5 Å². The zero-order valence-corrected chi connectivity index (χ0v) is 16.7. The Labute approximate surface area is 173 Å². The number of phenols is 1. The van der Waals surface area contributed by atoms with Crippen molar-refractivity contribution < 1.29 is 39.2 Å². The largest absolute Gasteiger partial charge is 0.504 e. The summed E-state index contributed by atoms with van der Waals surface area (Å²) < 4.78 is 10.1. The highest BCUT2D eigenvalue weighted by Crippen LogP contribution is 2.26. The molecule has 1 fully saturated rings. The number of carboxylic acid groups (broad SMARTS) is 1. The number of methoxy groups -OCH3 is 1. The van der Waals surface area contributed by atoms with Crippen molar-refractivity contribution in [2.45, 2.75) is 18.5 Å². The number of hydrogen-bond donors (Lipinski definition) is 5. The van der Waals surface area contributed by atoms with E-state index in [1.807, 2.05) is 4.90 Å². The van der Waals surface area contributed by atoms with E-state index in [4.69, 9.17) is 9.47 Å². The van der Waals surface area contributed by atoms with Gasteiger partial charge in [-0.2, -0.15) is 0 Å². The van der Waals surface area contributed by atoms with Crippen molar-refractivity contribution in [1.82, 2.24) is 15.5 Å². The van der Waals surface area contributed by atoms with Crippen LogP contribution in [0.25, 0.3) is 0 Å². The van der Waals surface area contributed by atoms with Gasteiger partial charge < -0.3 is 35.4 Å². The number of rotatable bonds is 10. The highest BCUT2D eigenvalue weighted by molar-refractivity contribution is 5.91. The van der Waals surface area contributed by atoms with E-state index in [1.54, 1.807) is 6.07 Å². The molecule has 1 saturated heterocycles. The Morgan fingerprint density at radius 3 is 2.47 bits per heavy atom. The van der Waals surface area contributed by atoms with Gasteiger partial charge in [0.1, 0.15) is 12.1 Å². The number of carbonyl (C=O) groups excluding carboxylic acids is 2. The number of phenolic OH excluding ortho intramolecular Hbond substituents is 1. The van der Waals surface area contributed by atoms with E-state index in [0.717, 1.165) is 0 Å². The maximum absolute atomic E-state index is 12.4. The smallest absolute Gasteiger partial charge is 0.326 e. The fourth-order valence-electron chi connectivity index (χ4n) is 2.97. The molecule has 1 aliphatic rings. The van der Waals surface area contributed by atoms with Crippen LogP contribution in [-0.2, 0) is 25.5 Å². The molecular weight excluding hydrogens is 398 g/mol. The van der Waals surface area contributed by atoms with Gasteiger partial charge in [-0.15, -0.1) is 0 Å². The summed E-state index contributed by atoms with van der Waals surface area (Å²) in [6.07, 6.45) is -0.113. The maximum Gasteiger partial charge on any atom is 0.326 e. The summed E-state index contributed by atoms with van der Waals surface area (Å²) in [6.45, 7) is 1.55. The van der Waals surface area contributed by atoms with Gasteiger partial charge in [-0.3, -0.25) is 14.5 Å². The van der Waals surface area contributed by atoms with Crippen molar-refractivity contribution >= 4 is 17.8 Å². The Balaban J connectivity index is 1.95. The first-order valence-electron chi connectivity index (χ1n) is 9.43. The lowest BCUT2D eigenvalue weighted by molar-refractivity contribution is -0.142. The van der Waals surface area contributed by atoms with E-state index >= 15 is 0 Å². The number of benzene rings is 1. The molecule has 0 radical (unpaired) electrons. The standard InChI is InChI=1S/C19H27N3O8/c1-29-16-3-2-12(9-15(16)24)8-13(19(27)28)21-18(26)14(11-23)20-17(25)10-22-4-6-30-7-5-22/h2-3,9,13-14,23-24H,4-8,10-11H2,1H3,(H,20,25)(H,21,26)(H,27,28)/t13-,14-/m0/s1. The van der Waals surface area contributed by atoms with E-state index in [1.165, 1.54) is 19.2 Å². The molecule has 2 atom stereocenters. The normalized spacial score (nSPS) is 16.3. The highest BCUT2D eigenvalue weighted by atomic mass is 16.5. The lowest BCUT2D eigenvalue weighted by Gasteiger charge is -2.27. The number of hydrogen-bond acceptors (Lipinski definition) is 8. The van der Waals surface area contributed by atoms with E-state index < -0.39 is 36.5 Å². The number of carboxylic acids is 1. The third-order valence-corrected chi connectivity index (χ3v) is 4.60. The SMILES string of the molecule is COc1ccc(C[C@H](NC(=O)[C@H](CO)NC(=O)CN2CCOCC2)C(=O)O)cc1O. The van der Waals surface area contributed by atoms with Gasteiger partial charge in [0.15, 0.2) is 11.5 Å². The highest BCUT2D eigenvalue weighted by Gasteiger charge is 2.27.